The zero-order valence-corrected chi connectivity index (χ0v) is 10.2. The minimum atomic E-state index is -0.600. The topological polar surface area (TPSA) is 33.4 Å². The molecule has 1 atom stereocenters. The van der Waals surface area contributed by atoms with Gasteiger partial charge in [-0.25, -0.2) is 0 Å². The molecule has 0 aliphatic carbocycles. The Hall–Kier alpha value is -1.58. The van der Waals surface area contributed by atoms with Crippen LogP contribution in [0.1, 0.15) is 21.4 Å². The van der Waals surface area contributed by atoms with Gasteiger partial charge >= 0.3 is 0 Å². The quantitative estimate of drug-likeness (QED) is 0.742. The van der Waals surface area contributed by atoms with Gasteiger partial charge in [-0.1, -0.05) is 18.2 Å². The van der Waals surface area contributed by atoms with Crippen LogP contribution in [0, 0.1) is 6.92 Å². The lowest BCUT2D eigenvalue weighted by Gasteiger charge is -2.05. The molecule has 0 saturated heterocycles. The van der Waals surface area contributed by atoms with E-state index in [1.807, 2.05) is 43.3 Å². The normalized spacial score (nSPS) is 13.1. The molecule has 0 spiro atoms. The number of aliphatic hydroxyl groups excluding tert-OH is 1. The summed E-state index contributed by atoms with van der Waals surface area (Å²) in [6.45, 7) is 2.04. The van der Waals surface area contributed by atoms with Crippen molar-refractivity contribution < 1.29 is 9.52 Å². The Morgan fingerprint density at radius 2 is 2.00 bits per heavy atom. The van der Waals surface area contributed by atoms with E-state index in [0.29, 0.717) is 0 Å². The summed E-state index contributed by atoms with van der Waals surface area (Å²) in [5.41, 5.74) is 1.65. The molecule has 0 amide bonds. The van der Waals surface area contributed by atoms with E-state index < -0.39 is 6.10 Å². The number of furan rings is 1. The molecular formula is C14H12O2S. The summed E-state index contributed by atoms with van der Waals surface area (Å²) in [6.07, 6.45) is 1.04. The predicted molar refractivity (Wildman–Crippen MR) is 69.3 cm³/mol. The van der Waals surface area contributed by atoms with Crippen LogP contribution in [0.3, 0.4) is 0 Å². The summed E-state index contributed by atoms with van der Waals surface area (Å²) in [4.78, 5) is 2.15. The van der Waals surface area contributed by atoms with E-state index in [9.17, 15) is 5.11 Å². The Morgan fingerprint density at radius 3 is 2.76 bits per heavy atom. The van der Waals surface area contributed by atoms with Crippen LogP contribution in [0.5, 0.6) is 0 Å². The smallest absolute Gasteiger partial charge is 0.134 e. The molecule has 0 fully saturated rings. The first kappa shape index (κ1) is 10.6. The van der Waals surface area contributed by atoms with Crippen LogP contribution in [-0.4, -0.2) is 5.11 Å². The highest BCUT2D eigenvalue weighted by Crippen LogP contribution is 2.33. The Bertz CT molecular complexity index is 651. The molecule has 0 aliphatic rings. The number of fused-ring (bicyclic) bond motifs is 1. The van der Waals surface area contributed by atoms with Crippen LogP contribution in [0.25, 0.3) is 11.0 Å². The first-order valence-electron chi connectivity index (χ1n) is 5.46. The predicted octanol–water partition coefficient (Wildman–Crippen LogP) is 3.88. The van der Waals surface area contributed by atoms with E-state index >= 15 is 0 Å². The largest absolute Gasteiger partial charge is 0.464 e. The van der Waals surface area contributed by atoms with Gasteiger partial charge in [0.1, 0.15) is 11.7 Å². The Balaban J connectivity index is 2.09. The molecule has 0 aliphatic heterocycles. The average Bonchev–Trinajstić information content (AvgIpc) is 2.94. The van der Waals surface area contributed by atoms with Crippen LogP contribution < -0.4 is 0 Å². The number of hydrogen-bond donors (Lipinski definition) is 1. The van der Waals surface area contributed by atoms with E-state index in [4.69, 9.17) is 4.42 Å². The summed E-state index contributed by atoms with van der Waals surface area (Å²) >= 11 is 1.61. The minimum absolute atomic E-state index is 0.600. The van der Waals surface area contributed by atoms with Gasteiger partial charge in [-0.05, 0) is 25.1 Å². The van der Waals surface area contributed by atoms with E-state index in [2.05, 4.69) is 0 Å². The summed E-state index contributed by atoms with van der Waals surface area (Å²) in [6, 6.07) is 11.7. The first-order valence-corrected chi connectivity index (χ1v) is 6.28. The van der Waals surface area contributed by atoms with Crippen LogP contribution in [0.4, 0.5) is 0 Å². The molecule has 1 aromatic carbocycles. The third-order valence-electron chi connectivity index (χ3n) is 2.84. The second-order valence-electron chi connectivity index (χ2n) is 4.04. The average molecular weight is 244 g/mol. The molecule has 2 aromatic heterocycles. The maximum Gasteiger partial charge on any atom is 0.134 e. The van der Waals surface area contributed by atoms with Gasteiger partial charge in [0.05, 0.1) is 6.26 Å². The number of aliphatic hydroxyl groups is 1. The van der Waals surface area contributed by atoms with Crippen LogP contribution >= 0.6 is 11.3 Å². The van der Waals surface area contributed by atoms with Gasteiger partial charge in [0, 0.05) is 20.7 Å². The molecule has 0 saturated carbocycles. The molecule has 0 radical (unpaired) electrons. The number of hydrogen-bond acceptors (Lipinski definition) is 3. The standard InChI is InChI=1S/C14H12O2S/c1-9-6-7-13(17-9)14(15)11-8-16-12-5-3-2-4-10(11)12/h2-8,14-15H,1H3. The highest BCUT2D eigenvalue weighted by molar-refractivity contribution is 7.12. The van der Waals surface area contributed by atoms with E-state index in [1.165, 1.54) is 4.88 Å². The molecule has 3 rings (SSSR count). The maximum absolute atomic E-state index is 10.3. The second kappa shape index (κ2) is 4.02. The van der Waals surface area contributed by atoms with Crippen LogP contribution in [0.2, 0.25) is 0 Å². The molecule has 86 valence electrons. The first-order chi connectivity index (χ1) is 8.25. The van der Waals surface area contributed by atoms with Crippen LogP contribution in [-0.2, 0) is 0 Å². The third kappa shape index (κ3) is 1.77. The van der Waals surface area contributed by atoms with Crippen molar-refractivity contribution in [3.8, 4) is 0 Å². The summed E-state index contributed by atoms with van der Waals surface area (Å²) in [7, 11) is 0. The maximum atomic E-state index is 10.3. The zero-order valence-electron chi connectivity index (χ0n) is 9.38. The van der Waals surface area contributed by atoms with Crippen molar-refractivity contribution in [2.45, 2.75) is 13.0 Å². The van der Waals surface area contributed by atoms with E-state index in [1.54, 1.807) is 17.6 Å². The summed E-state index contributed by atoms with van der Waals surface area (Å²) < 4.78 is 5.44. The van der Waals surface area contributed by atoms with Crippen molar-refractivity contribution in [1.82, 2.24) is 0 Å². The molecule has 1 unspecified atom stereocenters. The van der Waals surface area contributed by atoms with Gasteiger partial charge in [-0.15, -0.1) is 11.3 Å². The summed E-state index contributed by atoms with van der Waals surface area (Å²) in [5.74, 6) is 0. The monoisotopic (exact) mass is 244 g/mol. The van der Waals surface area contributed by atoms with Gasteiger partial charge in [-0.2, -0.15) is 0 Å². The number of thiophene rings is 1. The van der Waals surface area contributed by atoms with E-state index in [0.717, 1.165) is 21.4 Å². The third-order valence-corrected chi connectivity index (χ3v) is 3.89. The van der Waals surface area contributed by atoms with Gasteiger partial charge in [-0.3, -0.25) is 0 Å². The number of benzene rings is 1. The van der Waals surface area contributed by atoms with Crippen LogP contribution in [0.15, 0.2) is 47.1 Å². The Kier molecular flexibility index (Phi) is 2.50. The zero-order chi connectivity index (χ0) is 11.8. The number of aryl methyl sites for hydroxylation is 1. The molecule has 2 nitrogen and oxygen atoms in total. The molecule has 0 bridgehead atoms. The lowest BCUT2D eigenvalue weighted by atomic mass is 10.1. The Labute approximate surface area is 103 Å². The summed E-state index contributed by atoms with van der Waals surface area (Å²) in [5, 5.41) is 11.3. The van der Waals surface area contributed by atoms with Gasteiger partial charge < -0.3 is 9.52 Å². The molecule has 2 heterocycles. The SMILES string of the molecule is Cc1ccc(C(O)c2coc3ccccc23)s1. The van der Waals surface area contributed by atoms with Crippen molar-refractivity contribution in [2.24, 2.45) is 0 Å². The fraction of sp³-hybridized carbons (Fsp3) is 0.143. The number of rotatable bonds is 2. The molecule has 3 aromatic rings. The van der Waals surface area contributed by atoms with Crippen molar-refractivity contribution in [2.75, 3.05) is 0 Å². The van der Waals surface area contributed by atoms with Gasteiger partial charge in [0.2, 0.25) is 0 Å². The lowest BCUT2D eigenvalue weighted by Crippen LogP contribution is -1.95. The van der Waals surface area contributed by atoms with Crippen molar-refractivity contribution >= 4 is 22.3 Å². The highest BCUT2D eigenvalue weighted by Gasteiger charge is 2.17. The minimum Gasteiger partial charge on any atom is -0.464 e. The fourth-order valence-corrected chi connectivity index (χ4v) is 2.85. The second-order valence-corrected chi connectivity index (χ2v) is 5.36. The molecule has 1 N–H and O–H groups in total. The molecule has 3 heteroatoms. The van der Waals surface area contributed by atoms with Crippen molar-refractivity contribution in [3.63, 3.8) is 0 Å². The lowest BCUT2D eigenvalue weighted by molar-refractivity contribution is 0.224. The fourth-order valence-electron chi connectivity index (χ4n) is 1.96. The van der Waals surface area contributed by atoms with Crippen molar-refractivity contribution in [3.05, 3.63) is 58.0 Å². The molecular weight excluding hydrogens is 232 g/mol. The van der Waals surface area contributed by atoms with E-state index in [-0.39, 0.29) is 0 Å². The highest BCUT2D eigenvalue weighted by atomic mass is 32.1. The van der Waals surface area contributed by atoms with Crippen molar-refractivity contribution in [1.29, 1.82) is 0 Å². The number of para-hydroxylation sites is 1. The molecule has 17 heavy (non-hydrogen) atoms. The Morgan fingerprint density at radius 1 is 1.18 bits per heavy atom. The van der Waals surface area contributed by atoms with Gasteiger partial charge in [0.15, 0.2) is 0 Å². The van der Waals surface area contributed by atoms with Gasteiger partial charge in [0.25, 0.3) is 0 Å².